The Balaban J connectivity index is 1.55. The predicted molar refractivity (Wildman–Crippen MR) is 123 cm³/mol. The summed E-state index contributed by atoms with van der Waals surface area (Å²) < 4.78 is 5.93. The summed E-state index contributed by atoms with van der Waals surface area (Å²) in [5.41, 5.74) is 1.68. The lowest BCUT2D eigenvalue weighted by molar-refractivity contribution is -0.158. The number of hydrogen-bond acceptors (Lipinski definition) is 3. The first-order valence-corrected chi connectivity index (χ1v) is 10.7. The van der Waals surface area contributed by atoms with E-state index in [0.29, 0.717) is 5.75 Å². The molecule has 0 heterocycles. The predicted octanol–water partition coefficient (Wildman–Crippen LogP) is 5.64. The van der Waals surface area contributed by atoms with Crippen molar-refractivity contribution in [2.45, 2.75) is 11.8 Å². The number of carboxylic acid groups (broad SMARTS) is 1. The van der Waals surface area contributed by atoms with E-state index in [1.807, 2.05) is 97.1 Å². The van der Waals surface area contributed by atoms with Gasteiger partial charge < -0.3 is 9.84 Å². The van der Waals surface area contributed by atoms with E-state index < -0.39 is 35.6 Å². The van der Waals surface area contributed by atoms with Crippen molar-refractivity contribution in [3.05, 3.63) is 114 Å². The molecule has 4 aromatic carbocycles. The zero-order valence-corrected chi connectivity index (χ0v) is 17.3. The Morgan fingerprint density at radius 2 is 1.16 bits per heavy atom. The summed E-state index contributed by atoms with van der Waals surface area (Å²) in [6, 6.07) is 32.2. The number of carbonyl (C=O) groups is 2. The summed E-state index contributed by atoms with van der Waals surface area (Å²) in [6.07, 6.45) is 0. The SMILES string of the molecule is O=C(O)C1[C@@H](c2ccccc2)C(C(=O)Oc2cccc3ccccc23)[C@H]1c1ccccc1. The molecule has 4 heteroatoms. The average molecular weight is 422 g/mol. The van der Waals surface area contributed by atoms with Gasteiger partial charge in [0, 0.05) is 17.2 Å². The van der Waals surface area contributed by atoms with E-state index in [-0.39, 0.29) is 0 Å². The molecule has 4 aromatic rings. The van der Waals surface area contributed by atoms with Gasteiger partial charge in [0.2, 0.25) is 0 Å². The van der Waals surface area contributed by atoms with Crippen LogP contribution in [0.25, 0.3) is 10.8 Å². The molecule has 1 fully saturated rings. The molecule has 0 spiro atoms. The maximum absolute atomic E-state index is 13.6. The fraction of sp³-hybridized carbons (Fsp3) is 0.143. The maximum Gasteiger partial charge on any atom is 0.315 e. The molecule has 2 unspecified atom stereocenters. The summed E-state index contributed by atoms with van der Waals surface area (Å²) in [5, 5.41) is 11.9. The van der Waals surface area contributed by atoms with Gasteiger partial charge in [0.05, 0.1) is 11.8 Å². The fourth-order valence-corrected chi connectivity index (χ4v) is 4.99. The van der Waals surface area contributed by atoms with Crippen LogP contribution in [0, 0.1) is 11.8 Å². The second-order valence-electron chi connectivity index (χ2n) is 8.16. The average Bonchev–Trinajstić information content (AvgIpc) is 2.80. The third-order valence-corrected chi connectivity index (χ3v) is 6.43. The van der Waals surface area contributed by atoms with Gasteiger partial charge in [-0.3, -0.25) is 9.59 Å². The summed E-state index contributed by atoms with van der Waals surface area (Å²) in [6.45, 7) is 0. The van der Waals surface area contributed by atoms with Gasteiger partial charge in [-0.2, -0.15) is 0 Å². The minimum atomic E-state index is -0.901. The molecule has 0 aliphatic heterocycles. The maximum atomic E-state index is 13.6. The molecule has 0 aromatic heterocycles. The Bertz CT molecular complexity index is 1210. The molecule has 1 saturated carbocycles. The second kappa shape index (κ2) is 8.31. The highest BCUT2D eigenvalue weighted by atomic mass is 16.5. The second-order valence-corrected chi connectivity index (χ2v) is 8.16. The Kier molecular flexibility index (Phi) is 5.20. The first-order valence-electron chi connectivity index (χ1n) is 10.7. The zero-order valence-electron chi connectivity index (χ0n) is 17.3. The Hall–Kier alpha value is -3.92. The van der Waals surface area contributed by atoms with Crippen molar-refractivity contribution >= 4 is 22.7 Å². The lowest BCUT2D eigenvalue weighted by Crippen LogP contribution is -2.52. The third kappa shape index (κ3) is 3.44. The van der Waals surface area contributed by atoms with Gasteiger partial charge in [0.1, 0.15) is 5.75 Å². The van der Waals surface area contributed by atoms with E-state index in [1.165, 1.54) is 0 Å². The number of rotatable bonds is 5. The van der Waals surface area contributed by atoms with Crippen LogP contribution < -0.4 is 4.74 Å². The fourth-order valence-electron chi connectivity index (χ4n) is 4.99. The van der Waals surface area contributed by atoms with Crippen LogP contribution in [-0.2, 0) is 9.59 Å². The minimum absolute atomic E-state index is 0.401. The van der Waals surface area contributed by atoms with Crippen molar-refractivity contribution in [2.75, 3.05) is 0 Å². The summed E-state index contributed by atoms with van der Waals surface area (Å²) >= 11 is 0. The number of hydrogen-bond donors (Lipinski definition) is 1. The zero-order chi connectivity index (χ0) is 22.1. The Morgan fingerprint density at radius 3 is 1.75 bits per heavy atom. The molecule has 1 N–H and O–H groups in total. The van der Waals surface area contributed by atoms with E-state index in [2.05, 4.69) is 0 Å². The van der Waals surface area contributed by atoms with Crippen LogP contribution in [0.4, 0.5) is 0 Å². The summed E-state index contributed by atoms with van der Waals surface area (Å²) in [5.74, 6) is -3.03. The molecule has 32 heavy (non-hydrogen) atoms. The van der Waals surface area contributed by atoms with Crippen LogP contribution >= 0.6 is 0 Å². The molecule has 158 valence electrons. The smallest absolute Gasteiger partial charge is 0.315 e. The van der Waals surface area contributed by atoms with Gasteiger partial charge in [0.15, 0.2) is 0 Å². The van der Waals surface area contributed by atoms with Gasteiger partial charge >= 0.3 is 11.9 Å². The molecule has 1 aliphatic carbocycles. The third-order valence-electron chi connectivity index (χ3n) is 6.43. The van der Waals surface area contributed by atoms with Crippen molar-refractivity contribution < 1.29 is 19.4 Å². The summed E-state index contributed by atoms with van der Waals surface area (Å²) in [7, 11) is 0. The van der Waals surface area contributed by atoms with Crippen molar-refractivity contribution in [1.82, 2.24) is 0 Å². The van der Waals surface area contributed by atoms with Crippen LogP contribution in [-0.4, -0.2) is 17.0 Å². The van der Waals surface area contributed by atoms with Gasteiger partial charge in [-0.15, -0.1) is 0 Å². The lowest BCUT2D eigenvalue weighted by atomic mass is 9.52. The molecule has 4 atom stereocenters. The molecule has 0 radical (unpaired) electrons. The largest absolute Gasteiger partial charge is 0.481 e. The number of esters is 1. The minimum Gasteiger partial charge on any atom is -0.481 e. The quantitative estimate of drug-likeness (QED) is 0.334. The van der Waals surface area contributed by atoms with E-state index in [0.717, 1.165) is 21.9 Å². The molecule has 0 bridgehead atoms. The number of benzene rings is 4. The Morgan fingerprint density at radius 1 is 0.625 bits per heavy atom. The van der Waals surface area contributed by atoms with Gasteiger partial charge in [0.25, 0.3) is 0 Å². The van der Waals surface area contributed by atoms with Crippen LogP contribution in [0.2, 0.25) is 0 Å². The number of aliphatic carboxylic acids is 1. The van der Waals surface area contributed by atoms with E-state index >= 15 is 0 Å². The number of carbonyl (C=O) groups excluding carboxylic acids is 1. The highest BCUT2D eigenvalue weighted by Gasteiger charge is 2.59. The van der Waals surface area contributed by atoms with Crippen LogP contribution in [0.3, 0.4) is 0 Å². The molecule has 0 saturated heterocycles. The van der Waals surface area contributed by atoms with Crippen molar-refractivity contribution in [2.24, 2.45) is 11.8 Å². The molecular weight excluding hydrogens is 400 g/mol. The number of fused-ring (bicyclic) bond motifs is 1. The van der Waals surface area contributed by atoms with Crippen molar-refractivity contribution in [1.29, 1.82) is 0 Å². The topological polar surface area (TPSA) is 63.6 Å². The monoisotopic (exact) mass is 422 g/mol. The van der Waals surface area contributed by atoms with E-state index in [4.69, 9.17) is 4.74 Å². The molecule has 4 nitrogen and oxygen atoms in total. The Labute approximate surface area is 186 Å². The molecule has 0 amide bonds. The standard InChI is InChI=1S/C28H22O4/c29-27(30)25-23(19-11-3-1-4-12-19)26(24(25)20-13-5-2-6-14-20)28(31)32-22-17-9-15-18-10-7-8-16-21(18)22/h1-17,23-26H,(H,29,30)/t23-,24+,25?,26?. The lowest BCUT2D eigenvalue weighted by Gasteiger charge is -2.49. The van der Waals surface area contributed by atoms with E-state index in [9.17, 15) is 14.7 Å². The van der Waals surface area contributed by atoms with Crippen molar-refractivity contribution in [3.63, 3.8) is 0 Å². The highest BCUT2D eigenvalue weighted by molar-refractivity contribution is 5.92. The van der Waals surface area contributed by atoms with E-state index in [1.54, 1.807) is 6.07 Å². The molecular formula is C28H22O4. The highest BCUT2D eigenvalue weighted by Crippen LogP contribution is 2.58. The first-order chi connectivity index (χ1) is 15.6. The van der Waals surface area contributed by atoms with Crippen LogP contribution in [0.1, 0.15) is 23.0 Å². The van der Waals surface area contributed by atoms with Gasteiger partial charge in [-0.05, 0) is 22.6 Å². The molecule has 5 rings (SSSR count). The summed E-state index contributed by atoms with van der Waals surface area (Å²) in [4.78, 5) is 25.9. The number of ether oxygens (including phenoxy) is 1. The first kappa shape index (κ1) is 20.0. The van der Waals surface area contributed by atoms with Crippen LogP contribution in [0.5, 0.6) is 5.75 Å². The van der Waals surface area contributed by atoms with Crippen LogP contribution in [0.15, 0.2) is 103 Å². The molecule has 1 aliphatic rings. The normalized spacial score (nSPS) is 22.1. The van der Waals surface area contributed by atoms with Crippen molar-refractivity contribution in [3.8, 4) is 5.75 Å². The van der Waals surface area contributed by atoms with Gasteiger partial charge in [-0.25, -0.2) is 0 Å². The van der Waals surface area contributed by atoms with Gasteiger partial charge in [-0.1, -0.05) is 97.1 Å². The number of carboxylic acids is 1.